The zero-order valence-corrected chi connectivity index (χ0v) is 11.5. The molecule has 0 N–H and O–H groups in total. The highest BCUT2D eigenvalue weighted by Crippen LogP contribution is 2.45. The van der Waals surface area contributed by atoms with Crippen molar-refractivity contribution >= 4 is 0 Å². The average molecular weight is 252 g/mol. The highest BCUT2D eigenvalue weighted by molar-refractivity contribution is 5.65. The van der Waals surface area contributed by atoms with E-state index >= 15 is 0 Å². The van der Waals surface area contributed by atoms with E-state index in [1.807, 2.05) is 0 Å². The number of aryl methyl sites for hydroxylation is 1. The van der Waals surface area contributed by atoms with Gasteiger partial charge in [-0.3, -0.25) is 4.68 Å². The third-order valence-electron chi connectivity index (χ3n) is 4.89. The molecule has 1 saturated carbocycles. The molecule has 1 fully saturated rings. The number of aromatic nitrogens is 2. The molecule has 2 bridgehead atoms. The lowest BCUT2D eigenvalue weighted by Crippen LogP contribution is -2.22. The first-order valence-electron chi connectivity index (χ1n) is 7.44. The number of hydrogen-bond donors (Lipinski definition) is 0. The predicted molar refractivity (Wildman–Crippen MR) is 77.0 cm³/mol. The minimum Gasteiger partial charge on any atom is -0.267 e. The van der Waals surface area contributed by atoms with Crippen LogP contribution in [-0.4, -0.2) is 9.78 Å². The minimum absolute atomic E-state index is 0.728. The molecule has 0 aliphatic heterocycles. The van der Waals surface area contributed by atoms with Gasteiger partial charge in [-0.1, -0.05) is 43.2 Å². The van der Waals surface area contributed by atoms with Gasteiger partial charge in [0.15, 0.2) is 0 Å². The molecule has 0 amide bonds. The number of fused-ring (bicyclic) bond motifs is 4. The van der Waals surface area contributed by atoms with Gasteiger partial charge in [0.1, 0.15) is 0 Å². The van der Waals surface area contributed by atoms with Crippen LogP contribution in [0.1, 0.15) is 42.9 Å². The van der Waals surface area contributed by atoms with Gasteiger partial charge >= 0.3 is 0 Å². The zero-order valence-electron chi connectivity index (χ0n) is 11.5. The summed E-state index contributed by atoms with van der Waals surface area (Å²) >= 11 is 0. The fourth-order valence-corrected chi connectivity index (χ4v) is 4.09. The van der Waals surface area contributed by atoms with E-state index in [9.17, 15) is 0 Å². The summed E-state index contributed by atoms with van der Waals surface area (Å²) in [6.45, 7) is 0. The molecule has 1 aromatic carbocycles. The Hall–Kier alpha value is -1.57. The summed E-state index contributed by atoms with van der Waals surface area (Å²) in [6.07, 6.45) is 6.77. The largest absolute Gasteiger partial charge is 0.267 e. The van der Waals surface area contributed by atoms with E-state index in [1.165, 1.54) is 54.6 Å². The molecule has 98 valence electrons. The standard InChI is InChI=1S/C17H20N2/c1-19-17(13-7-3-2-4-8-13)15-11-12-6-5-9-14(10-12)16(15)18-19/h2-4,7-8,12,14H,5-6,9-11H2,1H3/t12-,14+/m0/s1. The molecule has 2 aromatic rings. The first-order chi connectivity index (χ1) is 9.33. The number of benzene rings is 1. The minimum atomic E-state index is 0.728. The maximum atomic E-state index is 4.86. The van der Waals surface area contributed by atoms with Crippen molar-refractivity contribution in [1.29, 1.82) is 0 Å². The molecular formula is C17H20N2. The third-order valence-corrected chi connectivity index (χ3v) is 4.89. The molecule has 2 nitrogen and oxygen atoms in total. The summed E-state index contributed by atoms with van der Waals surface area (Å²) in [7, 11) is 2.10. The summed E-state index contributed by atoms with van der Waals surface area (Å²) in [5.41, 5.74) is 5.61. The second-order valence-corrected chi connectivity index (χ2v) is 6.14. The molecule has 2 aliphatic rings. The van der Waals surface area contributed by atoms with Crippen LogP contribution in [0.25, 0.3) is 11.3 Å². The topological polar surface area (TPSA) is 17.8 Å². The highest BCUT2D eigenvalue weighted by Gasteiger charge is 2.34. The molecule has 4 rings (SSSR count). The van der Waals surface area contributed by atoms with Crippen LogP contribution in [0.15, 0.2) is 30.3 Å². The lowest BCUT2D eigenvalue weighted by atomic mass is 9.71. The Balaban J connectivity index is 1.88. The summed E-state index contributed by atoms with van der Waals surface area (Å²) in [4.78, 5) is 0. The van der Waals surface area contributed by atoms with Gasteiger partial charge in [-0.15, -0.1) is 0 Å². The molecule has 2 aliphatic carbocycles. The summed E-state index contributed by atoms with van der Waals surface area (Å²) in [5.74, 6) is 1.63. The Kier molecular flexibility index (Phi) is 2.51. The Morgan fingerprint density at radius 1 is 1.16 bits per heavy atom. The molecule has 19 heavy (non-hydrogen) atoms. The van der Waals surface area contributed by atoms with Gasteiger partial charge < -0.3 is 0 Å². The maximum Gasteiger partial charge on any atom is 0.0714 e. The molecule has 0 saturated heterocycles. The van der Waals surface area contributed by atoms with Crippen molar-refractivity contribution in [2.24, 2.45) is 13.0 Å². The second-order valence-electron chi connectivity index (χ2n) is 6.14. The Morgan fingerprint density at radius 2 is 2.00 bits per heavy atom. The Bertz CT molecular complexity index is 597. The summed E-state index contributed by atoms with van der Waals surface area (Å²) in [5, 5.41) is 4.86. The van der Waals surface area contributed by atoms with E-state index in [1.54, 1.807) is 0 Å². The second kappa shape index (κ2) is 4.22. The van der Waals surface area contributed by atoms with Crippen LogP contribution in [0.3, 0.4) is 0 Å². The smallest absolute Gasteiger partial charge is 0.0714 e. The Morgan fingerprint density at radius 3 is 2.84 bits per heavy atom. The van der Waals surface area contributed by atoms with E-state index in [0.717, 1.165) is 11.8 Å². The summed E-state index contributed by atoms with van der Waals surface area (Å²) in [6, 6.07) is 10.8. The van der Waals surface area contributed by atoms with E-state index in [-0.39, 0.29) is 0 Å². The van der Waals surface area contributed by atoms with Crippen molar-refractivity contribution in [2.45, 2.75) is 38.0 Å². The average Bonchev–Trinajstić information content (AvgIpc) is 2.77. The van der Waals surface area contributed by atoms with E-state index in [2.05, 4.69) is 42.1 Å². The molecule has 1 aromatic heterocycles. The van der Waals surface area contributed by atoms with E-state index in [0.29, 0.717) is 0 Å². The monoisotopic (exact) mass is 252 g/mol. The zero-order chi connectivity index (χ0) is 12.8. The molecule has 0 spiro atoms. The first kappa shape index (κ1) is 11.3. The van der Waals surface area contributed by atoms with Gasteiger partial charge in [0, 0.05) is 24.1 Å². The van der Waals surface area contributed by atoms with Crippen LogP contribution >= 0.6 is 0 Å². The normalized spacial score (nSPS) is 25.1. The van der Waals surface area contributed by atoms with Crippen LogP contribution in [0, 0.1) is 5.92 Å². The lowest BCUT2D eigenvalue weighted by Gasteiger charge is -2.33. The van der Waals surface area contributed by atoms with Gasteiger partial charge in [-0.2, -0.15) is 5.10 Å². The first-order valence-corrected chi connectivity index (χ1v) is 7.44. The predicted octanol–water partition coefficient (Wildman–Crippen LogP) is 3.92. The molecule has 2 heteroatoms. The number of nitrogens with zero attached hydrogens (tertiary/aromatic N) is 2. The van der Waals surface area contributed by atoms with Gasteiger partial charge in [0.2, 0.25) is 0 Å². The van der Waals surface area contributed by atoms with E-state index in [4.69, 9.17) is 5.10 Å². The van der Waals surface area contributed by atoms with Crippen molar-refractivity contribution in [3.8, 4) is 11.3 Å². The van der Waals surface area contributed by atoms with Crippen LogP contribution < -0.4 is 0 Å². The van der Waals surface area contributed by atoms with E-state index < -0.39 is 0 Å². The van der Waals surface area contributed by atoms with Crippen LogP contribution in [0.5, 0.6) is 0 Å². The van der Waals surface area contributed by atoms with Crippen molar-refractivity contribution < 1.29 is 0 Å². The SMILES string of the molecule is Cn1nc2c(c1-c1ccccc1)C[C@H]1CCC[C@@H]2C1. The van der Waals surface area contributed by atoms with Gasteiger partial charge in [0.25, 0.3) is 0 Å². The van der Waals surface area contributed by atoms with Crippen LogP contribution in [-0.2, 0) is 13.5 Å². The molecule has 1 heterocycles. The molecule has 0 unspecified atom stereocenters. The Labute approximate surface area is 114 Å². The van der Waals surface area contributed by atoms with Crippen LogP contribution in [0.2, 0.25) is 0 Å². The fourth-order valence-electron chi connectivity index (χ4n) is 4.09. The molecule has 2 atom stereocenters. The van der Waals surface area contributed by atoms with Gasteiger partial charge in [-0.25, -0.2) is 0 Å². The lowest BCUT2D eigenvalue weighted by molar-refractivity contribution is 0.295. The van der Waals surface area contributed by atoms with Crippen molar-refractivity contribution in [1.82, 2.24) is 9.78 Å². The molecular weight excluding hydrogens is 232 g/mol. The number of hydrogen-bond acceptors (Lipinski definition) is 1. The number of rotatable bonds is 1. The fraction of sp³-hybridized carbons (Fsp3) is 0.471. The van der Waals surface area contributed by atoms with Gasteiger partial charge in [0.05, 0.1) is 11.4 Å². The summed E-state index contributed by atoms with van der Waals surface area (Å²) < 4.78 is 2.11. The van der Waals surface area contributed by atoms with Crippen molar-refractivity contribution in [3.05, 3.63) is 41.6 Å². The van der Waals surface area contributed by atoms with Crippen molar-refractivity contribution in [2.75, 3.05) is 0 Å². The third kappa shape index (κ3) is 1.73. The quantitative estimate of drug-likeness (QED) is 0.752. The van der Waals surface area contributed by atoms with Gasteiger partial charge in [-0.05, 0) is 25.2 Å². The van der Waals surface area contributed by atoms with Crippen molar-refractivity contribution in [3.63, 3.8) is 0 Å². The van der Waals surface area contributed by atoms with Crippen LogP contribution in [0.4, 0.5) is 0 Å². The highest BCUT2D eigenvalue weighted by atomic mass is 15.3. The maximum absolute atomic E-state index is 4.86. The molecule has 0 radical (unpaired) electrons.